The number of rotatable bonds is 9. The molecule has 23 heavy (non-hydrogen) atoms. The van der Waals surface area contributed by atoms with Crippen LogP contribution in [0.15, 0.2) is 42.5 Å². The molecule has 0 radical (unpaired) electrons. The molecule has 0 saturated heterocycles. The number of phosphoric ester groups is 1. The van der Waals surface area contributed by atoms with Crippen LogP contribution in [0.4, 0.5) is 0 Å². The molecular weight excluding hydrogens is 315 g/mol. The second-order valence-corrected chi connectivity index (χ2v) is 6.74. The molecule has 1 unspecified atom stereocenters. The summed E-state index contributed by atoms with van der Waals surface area (Å²) < 4.78 is 21.6. The molecule has 0 amide bonds. The van der Waals surface area contributed by atoms with Crippen molar-refractivity contribution < 1.29 is 23.6 Å². The van der Waals surface area contributed by atoms with Gasteiger partial charge in [-0.15, -0.1) is 0 Å². The summed E-state index contributed by atoms with van der Waals surface area (Å²) in [5, 5.41) is 2.04. The molecule has 0 bridgehead atoms. The lowest BCUT2D eigenvalue weighted by molar-refractivity contribution is 0.0953. The molecule has 0 aliphatic carbocycles. The van der Waals surface area contributed by atoms with Crippen LogP contribution in [-0.4, -0.2) is 22.5 Å². The zero-order valence-electron chi connectivity index (χ0n) is 13.2. The summed E-state index contributed by atoms with van der Waals surface area (Å²) in [6, 6.07) is 13.6. The van der Waals surface area contributed by atoms with E-state index < -0.39 is 7.82 Å². The highest BCUT2D eigenvalue weighted by atomic mass is 31.2. The Kier molecular flexibility index (Phi) is 6.60. The average molecular weight is 338 g/mol. The third-order valence-electron chi connectivity index (χ3n) is 3.60. The Morgan fingerprint density at radius 2 is 1.83 bits per heavy atom. The van der Waals surface area contributed by atoms with E-state index in [0.29, 0.717) is 12.2 Å². The van der Waals surface area contributed by atoms with Crippen molar-refractivity contribution in [2.24, 2.45) is 0 Å². The minimum atomic E-state index is -4.49. The van der Waals surface area contributed by atoms with E-state index in [4.69, 9.17) is 14.5 Å². The first-order valence-corrected chi connectivity index (χ1v) is 9.37. The van der Waals surface area contributed by atoms with Gasteiger partial charge in [0.2, 0.25) is 0 Å². The first-order valence-electron chi connectivity index (χ1n) is 7.84. The van der Waals surface area contributed by atoms with E-state index in [1.54, 1.807) is 0 Å². The summed E-state index contributed by atoms with van der Waals surface area (Å²) in [7, 11) is -4.49. The largest absolute Gasteiger partial charge is 0.487 e. The van der Waals surface area contributed by atoms with E-state index in [-0.39, 0.29) is 12.7 Å². The van der Waals surface area contributed by atoms with Crippen LogP contribution < -0.4 is 4.74 Å². The van der Waals surface area contributed by atoms with E-state index in [9.17, 15) is 4.57 Å². The van der Waals surface area contributed by atoms with Crippen LogP contribution >= 0.6 is 7.82 Å². The van der Waals surface area contributed by atoms with Gasteiger partial charge in [0.05, 0.1) is 6.61 Å². The van der Waals surface area contributed by atoms with Crippen molar-refractivity contribution in [3.8, 4) is 5.75 Å². The number of ether oxygens (including phenoxy) is 1. The summed E-state index contributed by atoms with van der Waals surface area (Å²) in [4.78, 5) is 17.8. The molecule has 1 atom stereocenters. The lowest BCUT2D eigenvalue weighted by atomic mass is 10.1. The van der Waals surface area contributed by atoms with Gasteiger partial charge in [-0.3, -0.25) is 4.52 Å². The molecule has 0 saturated carbocycles. The molecule has 6 heteroatoms. The number of fused-ring (bicyclic) bond motifs is 1. The van der Waals surface area contributed by atoms with Gasteiger partial charge in [-0.2, -0.15) is 0 Å². The Labute approximate surface area is 136 Å². The van der Waals surface area contributed by atoms with Crippen molar-refractivity contribution >= 4 is 18.6 Å². The SMILES string of the molecule is CCCCCC(COP(=O)(O)O)Oc1cccc2ccccc12. The van der Waals surface area contributed by atoms with Gasteiger partial charge in [0, 0.05) is 5.39 Å². The van der Waals surface area contributed by atoms with Crippen molar-refractivity contribution in [3.05, 3.63) is 42.5 Å². The summed E-state index contributed by atoms with van der Waals surface area (Å²) in [6.45, 7) is 1.98. The maximum absolute atomic E-state index is 10.9. The minimum Gasteiger partial charge on any atom is -0.487 e. The van der Waals surface area contributed by atoms with Crippen LogP contribution in [0.25, 0.3) is 10.8 Å². The van der Waals surface area contributed by atoms with E-state index >= 15 is 0 Å². The monoisotopic (exact) mass is 338 g/mol. The van der Waals surface area contributed by atoms with E-state index in [0.717, 1.165) is 30.0 Å². The zero-order chi connectivity index (χ0) is 16.7. The number of phosphoric acid groups is 1. The predicted molar refractivity (Wildman–Crippen MR) is 90.5 cm³/mol. The normalized spacial score (nSPS) is 13.2. The maximum atomic E-state index is 10.9. The Morgan fingerprint density at radius 3 is 2.57 bits per heavy atom. The lowest BCUT2D eigenvalue weighted by Gasteiger charge is -2.20. The van der Waals surface area contributed by atoms with Gasteiger partial charge in [0.15, 0.2) is 0 Å². The van der Waals surface area contributed by atoms with Gasteiger partial charge in [-0.05, 0) is 24.3 Å². The molecule has 5 nitrogen and oxygen atoms in total. The molecule has 0 fully saturated rings. The number of benzene rings is 2. The van der Waals surface area contributed by atoms with Crippen molar-refractivity contribution in [2.45, 2.75) is 38.7 Å². The fourth-order valence-corrected chi connectivity index (χ4v) is 2.82. The van der Waals surface area contributed by atoms with Crippen LogP contribution in [0.5, 0.6) is 5.75 Å². The van der Waals surface area contributed by atoms with Gasteiger partial charge in [0.1, 0.15) is 11.9 Å². The average Bonchev–Trinajstić information content (AvgIpc) is 2.52. The Morgan fingerprint density at radius 1 is 1.09 bits per heavy atom. The number of hydrogen-bond donors (Lipinski definition) is 2. The van der Waals surface area contributed by atoms with Crippen LogP contribution in [0, 0.1) is 0 Å². The van der Waals surface area contributed by atoms with Crippen molar-refractivity contribution in [1.29, 1.82) is 0 Å². The molecule has 0 aliphatic rings. The van der Waals surface area contributed by atoms with Gasteiger partial charge < -0.3 is 14.5 Å². The first kappa shape index (κ1) is 18.0. The molecule has 0 heterocycles. The van der Waals surface area contributed by atoms with Crippen LogP contribution in [-0.2, 0) is 9.09 Å². The summed E-state index contributed by atoms with van der Waals surface area (Å²) >= 11 is 0. The van der Waals surface area contributed by atoms with Crippen LogP contribution in [0.2, 0.25) is 0 Å². The van der Waals surface area contributed by atoms with Gasteiger partial charge in [0.25, 0.3) is 0 Å². The maximum Gasteiger partial charge on any atom is 0.469 e. The van der Waals surface area contributed by atoms with Crippen molar-refractivity contribution in [3.63, 3.8) is 0 Å². The molecule has 2 aromatic carbocycles. The summed E-state index contributed by atoms with van der Waals surface area (Å²) in [5.41, 5.74) is 0. The van der Waals surface area contributed by atoms with Gasteiger partial charge in [-0.25, -0.2) is 4.57 Å². The highest BCUT2D eigenvalue weighted by Crippen LogP contribution is 2.36. The summed E-state index contributed by atoms with van der Waals surface area (Å²) in [6.07, 6.45) is 3.35. The Balaban J connectivity index is 2.12. The van der Waals surface area contributed by atoms with Crippen LogP contribution in [0.1, 0.15) is 32.6 Å². The molecule has 0 aliphatic heterocycles. The topological polar surface area (TPSA) is 76.0 Å². The number of hydrogen-bond acceptors (Lipinski definition) is 3. The zero-order valence-corrected chi connectivity index (χ0v) is 14.1. The van der Waals surface area contributed by atoms with E-state index in [2.05, 4.69) is 11.4 Å². The van der Waals surface area contributed by atoms with Gasteiger partial charge >= 0.3 is 7.82 Å². The predicted octanol–water partition coefficient (Wildman–Crippen LogP) is 4.28. The molecular formula is C17H23O5P. The molecule has 126 valence electrons. The lowest BCUT2D eigenvalue weighted by Crippen LogP contribution is -2.22. The third kappa shape index (κ3) is 5.96. The molecule has 0 aromatic heterocycles. The Hall–Kier alpha value is -1.39. The minimum absolute atomic E-state index is 0.128. The second-order valence-electron chi connectivity index (χ2n) is 5.50. The fourth-order valence-electron chi connectivity index (χ4n) is 2.46. The standard InChI is InChI=1S/C17H23O5P/c1-2-3-4-10-15(13-21-23(18,19)20)22-17-12-7-9-14-8-5-6-11-16(14)17/h5-9,11-12,15H,2-4,10,13H2,1H3,(H2,18,19,20). The van der Waals surface area contributed by atoms with Crippen molar-refractivity contribution in [2.75, 3.05) is 6.61 Å². The second kappa shape index (κ2) is 8.46. The quantitative estimate of drug-likeness (QED) is 0.527. The molecule has 2 rings (SSSR count). The number of unbranched alkanes of at least 4 members (excludes halogenated alkanes) is 2. The van der Waals surface area contributed by atoms with E-state index in [1.807, 2.05) is 42.5 Å². The van der Waals surface area contributed by atoms with Crippen LogP contribution in [0.3, 0.4) is 0 Å². The van der Waals surface area contributed by atoms with Crippen molar-refractivity contribution in [1.82, 2.24) is 0 Å². The summed E-state index contributed by atoms with van der Waals surface area (Å²) in [5.74, 6) is 0.707. The molecule has 2 N–H and O–H groups in total. The highest BCUT2D eigenvalue weighted by molar-refractivity contribution is 7.46. The fraction of sp³-hybridized carbons (Fsp3) is 0.412. The third-order valence-corrected chi connectivity index (χ3v) is 4.09. The van der Waals surface area contributed by atoms with Gasteiger partial charge in [-0.1, -0.05) is 56.2 Å². The highest BCUT2D eigenvalue weighted by Gasteiger charge is 2.20. The Bertz CT molecular complexity index is 662. The smallest absolute Gasteiger partial charge is 0.469 e. The molecule has 2 aromatic rings. The molecule has 0 spiro atoms. The van der Waals surface area contributed by atoms with E-state index in [1.165, 1.54) is 0 Å². The first-order chi connectivity index (χ1) is 11.0.